The highest BCUT2D eigenvalue weighted by Crippen LogP contribution is 2.42. The first-order valence-electron chi connectivity index (χ1n) is 14.3. The maximum absolute atomic E-state index is 12.4. The number of carbonyl (C=O) groups is 5. The van der Waals surface area contributed by atoms with Gasteiger partial charge in [0.05, 0.1) is 0 Å². The lowest BCUT2D eigenvalue weighted by Gasteiger charge is -2.44. The molecule has 0 amide bonds. The maximum atomic E-state index is 12.4. The van der Waals surface area contributed by atoms with Crippen LogP contribution < -0.4 is 4.74 Å². The molecule has 1 aliphatic heterocycles. The molecule has 2 aromatic carbocycles. The van der Waals surface area contributed by atoms with Crippen molar-refractivity contribution < 1.29 is 56.8 Å². The highest BCUT2D eigenvalue weighted by Gasteiger charge is 2.53. The second kappa shape index (κ2) is 13.9. The fraction of sp³-hybridized carbons (Fsp3) is 0.424. The number of ether oxygens (including phenoxy) is 6. The molecule has 5 atom stereocenters. The van der Waals surface area contributed by atoms with E-state index in [2.05, 4.69) is 6.07 Å². The third-order valence-electron chi connectivity index (χ3n) is 7.04. The Morgan fingerprint density at radius 2 is 1.38 bits per heavy atom. The molecule has 2 heterocycles. The first-order valence-corrected chi connectivity index (χ1v) is 14.3. The summed E-state index contributed by atoms with van der Waals surface area (Å²) in [7, 11) is 0. The van der Waals surface area contributed by atoms with Crippen molar-refractivity contribution in [2.24, 2.45) is 0 Å². The number of carbonyl (C=O) groups excluding carboxylic acids is 5. The van der Waals surface area contributed by atoms with Gasteiger partial charge in [-0.3, -0.25) is 24.0 Å². The first-order chi connectivity index (χ1) is 21.2. The molecule has 3 unspecified atom stereocenters. The van der Waals surface area contributed by atoms with Gasteiger partial charge in [-0.25, -0.2) is 0 Å². The normalized spacial score (nSPS) is 21.1. The molecule has 240 valence electrons. The van der Waals surface area contributed by atoms with Crippen LogP contribution in [0.15, 0.2) is 40.8 Å². The summed E-state index contributed by atoms with van der Waals surface area (Å²) in [6.45, 7) is 9.45. The zero-order valence-corrected chi connectivity index (χ0v) is 26.2. The summed E-state index contributed by atoms with van der Waals surface area (Å²) in [5.74, 6) is -2.75. The van der Waals surface area contributed by atoms with Crippen molar-refractivity contribution in [2.45, 2.75) is 85.4 Å². The molecule has 3 aromatic rings. The van der Waals surface area contributed by atoms with Gasteiger partial charge in [0.15, 0.2) is 18.3 Å². The van der Waals surface area contributed by atoms with Crippen LogP contribution in [0.5, 0.6) is 5.75 Å². The first kappa shape index (κ1) is 33.2. The van der Waals surface area contributed by atoms with E-state index < -0.39 is 67.0 Å². The van der Waals surface area contributed by atoms with Gasteiger partial charge in [0, 0.05) is 52.0 Å². The molecule has 0 N–H and O–H groups in total. The van der Waals surface area contributed by atoms with Crippen LogP contribution in [0.4, 0.5) is 0 Å². The molecule has 0 radical (unpaired) electrons. The van der Waals surface area contributed by atoms with Gasteiger partial charge in [0.25, 0.3) is 0 Å². The number of aryl methyl sites for hydroxylation is 2. The number of hydrogen-bond donors (Lipinski definition) is 0. The highest BCUT2D eigenvalue weighted by molar-refractivity contribution is 5.82. The van der Waals surface area contributed by atoms with Crippen LogP contribution in [-0.4, -0.2) is 60.9 Å². The molecule has 45 heavy (non-hydrogen) atoms. The largest absolute Gasteiger partial charge is 0.463 e. The van der Waals surface area contributed by atoms with Crippen molar-refractivity contribution in [3.63, 3.8) is 0 Å². The zero-order chi connectivity index (χ0) is 33.0. The summed E-state index contributed by atoms with van der Waals surface area (Å²) >= 11 is 0. The predicted molar refractivity (Wildman–Crippen MR) is 157 cm³/mol. The Labute approximate surface area is 259 Å². The lowest BCUT2D eigenvalue weighted by Crippen LogP contribution is -2.59. The molecular formula is C33H36O12. The standard InChI is InChI=1S/C33H36O12/c1-16-10-17(2)25-14-24(44-28(25)11-16)12-23-8-9-27(40-19(4)35)26(13-23)30-32(42-21(6)37)33(43-22(7)38)31(41-20(5)36)29(45-30)15-39-18(3)34/h8-11,13-14,29-33H,12,15H2,1-7H3/t29?,30?,31-,32+,33?/m1/s1. The van der Waals surface area contributed by atoms with Crippen molar-refractivity contribution in [3.05, 3.63) is 64.4 Å². The highest BCUT2D eigenvalue weighted by atomic mass is 16.7. The second-order valence-corrected chi connectivity index (χ2v) is 11.0. The van der Waals surface area contributed by atoms with Crippen LogP contribution in [0.25, 0.3) is 11.0 Å². The number of esters is 5. The van der Waals surface area contributed by atoms with E-state index in [4.69, 9.17) is 32.8 Å². The summed E-state index contributed by atoms with van der Waals surface area (Å²) in [6, 6.07) is 11.0. The van der Waals surface area contributed by atoms with Crippen molar-refractivity contribution in [1.29, 1.82) is 0 Å². The lowest BCUT2D eigenvalue weighted by atomic mass is 9.89. The number of fused-ring (bicyclic) bond motifs is 1. The molecule has 12 heteroatoms. The minimum Gasteiger partial charge on any atom is -0.463 e. The molecule has 1 aliphatic rings. The summed E-state index contributed by atoms with van der Waals surface area (Å²) in [4.78, 5) is 60.6. The van der Waals surface area contributed by atoms with E-state index in [9.17, 15) is 24.0 Å². The predicted octanol–water partition coefficient (Wildman–Crippen LogP) is 4.36. The Morgan fingerprint density at radius 1 is 0.733 bits per heavy atom. The van der Waals surface area contributed by atoms with Gasteiger partial charge in [-0.05, 0) is 54.8 Å². The molecule has 0 saturated carbocycles. The fourth-order valence-corrected chi connectivity index (χ4v) is 5.49. The van der Waals surface area contributed by atoms with Crippen molar-refractivity contribution in [1.82, 2.24) is 0 Å². The van der Waals surface area contributed by atoms with E-state index in [-0.39, 0.29) is 11.3 Å². The van der Waals surface area contributed by atoms with E-state index in [1.54, 1.807) is 18.2 Å². The second-order valence-electron chi connectivity index (χ2n) is 11.0. The van der Waals surface area contributed by atoms with Gasteiger partial charge in [-0.15, -0.1) is 0 Å². The Bertz CT molecular complexity index is 1620. The Hall–Kier alpha value is -4.71. The quantitative estimate of drug-likeness (QED) is 0.189. The number of benzene rings is 2. The van der Waals surface area contributed by atoms with Crippen LogP contribution in [-0.2, 0) is 54.1 Å². The SMILES string of the molecule is CC(=O)OCC1OC(c2cc(Cc3cc4c(C)cc(C)cc4o3)ccc2OC(C)=O)[C@H](OC(C)=O)C(OC(C)=O)[C@@H]1OC(C)=O. The molecule has 0 bridgehead atoms. The maximum Gasteiger partial charge on any atom is 0.308 e. The van der Waals surface area contributed by atoms with Gasteiger partial charge >= 0.3 is 29.8 Å². The van der Waals surface area contributed by atoms with Crippen LogP contribution in [0, 0.1) is 13.8 Å². The monoisotopic (exact) mass is 624 g/mol. The summed E-state index contributed by atoms with van der Waals surface area (Å²) in [5, 5.41) is 0.979. The Morgan fingerprint density at radius 3 is 2.00 bits per heavy atom. The summed E-state index contributed by atoms with van der Waals surface area (Å²) in [6.07, 6.45) is -6.15. The van der Waals surface area contributed by atoms with Gasteiger partial charge in [0.2, 0.25) is 0 Å². The lowest BCUT2D eigenvalue weighted by molar-refractivity contribution is -0.254. The van der Waals surface area contributed by atoms with Crippen molar-refractivity contribution >= 4 is 40.8 Å². The van der Waals surface area contributed by atoms with Crippen LogP contribution >= 0.6 is 0 Å². The van der Waals surface area contributed by atoms with Crippen molar-refractivity contribution in [2.75, 3.05) is 6.61 Å². The molecule has 4 rings (SSSR count). The van der Waals surface area contributed by atoms with E-state index >= 15 is 0 Å². The molecule has 1 fully saturated rings. The topological polar surface area (TPSA) is 154 Å². The molecule has 0 spiro atoms. The molecule has 12 nitrogen and oxygen atoms in total. The smallest absolute Gasteiger partial charge is 0.308 e. The molecule has 1 saturated heterocycles. The van der Waals surface area contributed by atoms with E-state index in [1.165, 1.54) is 13.8 Å². The third-order valence-corrected chi connectivity index (χ3v) is 7.04. The van der Waals surface area contributed by atoms with Gasteiger partial charge in [0.1, 0.15) is 35.9 Å². The average molecular weight is 625 g/mol. The minimum absolute atomic E-state index is 0.0863. The number of rotatable bonds is 9. The van der Waals surface area contributed by atoms with E-state index in [0.717, 1.165) is 48.4 Å². The Balaban J connectivity index is 1.84. The van der Waals surface area contributed by atoms with Crippen LogP contribution in [0.1, 0.15) is 68.7 Å². The van der Waals surface area contributed by atoms with Gasteiger partial charge in [-0.2, -0.15) is 0 Å². The van der Waals surface area contributed by atoms with Gasteiger partial charge in [-0.1, -0.05) is 12.1 Å². The van der Waals surface area contributed by atoms with Crippen LogP contribution in [0.3, 0.4) is 0 Å². The fourth-order valence-electron chi connectivity index (χ4n) is 5.49. The molecule has 0 aliphatic carbocycles. The number of furan rings is 1. The average Bonchev–Trinajstić information content (AvgIpc) is 3.32. The summed E-state index contributed by atoms with van der Waals surface area (Å²) < 4.78 is 39.8. The molecule has 1 aromatic heterocycles. The van der Waals surface area contributed by atoms with E-state index in [0.29, 0.717) is 12.2 Å². The summed E-state index contributed by atoms with van der Waals surface area (Å²) in [5.41, 5.74) is 3.88. The molecular weight excluding hydrogens is 588 g/mol. The van der Waals surface area contributed by atoms with E-state index in [1.807, 2.05) is 26.0 Å². The Kier molecular flexibility index (Phi) is 10.3. The van der Waals surface area contributed by atoms with Gasteiger partial charge < -0.3 is 32.8 Å². The van der Waals surface area contributed by atoms with Crippen LogP contribution in [0.2, 0.25) is 0 Å². The van der Waals surface area contributed by atoms with Crippen molar-refractivity contribution in [3.8, 4) is 5.75 Å². The minimum atomic E-state index is -1.38. The third kappa shape index (κ3) is 8.27. The number of hydrogen-bond acceptors (Lipinski definition) is 12. The zero-order valence-electron chi connectivity index (χ0n) is 26.2.